The molecular weight excluding hydrogens is 220 g/mol. The van der Waals surface area contributed by atoms with E-state index in [-0.39, 0.29) is 5.56 Å². The van der Waals surface area contributed by atoms with E-state index in [0.29, 0.717) is 6.54 Å². The highest BCUT2D eigenvalue weighted by atomic mass is 16.4. The van der Waals surface area contributed by atoms with E-state index in [4.69, 9.17) is 5.11 Å². The molecule has 0 spiro atoms. The third-order valence-corrected chi connectivity index (χ3v) is 2.28. The SMILES string of the molecule is O=C(O)c1cn(Cc2ccccn2)ccc1=O. The zero-order valence-electron chi connectivity index (χ0n) is 8.91. The third kappa shape index (κ3) is 2.57. The van der Waals surface area contributed by atoms with Crippen molar-refractivity contribution in [3.8, 4) is 0 Å². The Balaban J connectivity index is 2.32. The van der Waals surface area contributed by atoms with Crippen LogP contribution in [0.15, 0.2) is 47.7 Å². The first-order valence-electron chi connectivity index (χ1n) is 5.00. The molecule has 5 nitrogen and oxygen atoms in total. The van der Waals surface area contributed by atoms with Gasteiger partial charge in [-0.1, -0.05) is 6.07 Å². The highest BCUT2D eigenvalue weighted by Crippen LogP contribution is 1.99. The van der Waals surface area contributed by atoms with Crippen molar-refractivity contribution in [2.75, 3.05) is 0 Å². The lowest BCUT2D eigenvalue weighted by Crippen LogP contribution is -2.17. The van der Waals surface area contributed by atoms with Crippen molar-refractivity contribution in [3.63, 3.8) is 0 Å². The molecule has 0 fully saturated rings. The minimum atomic E-state index is -1.22. The van der Waals surface area contributed by atoms with Gasteiger partial charge in [-0.15, -0.1) is 0 Å². The van der Waals surface area contributed by atoms with Crippen LogP contribution in [0.2, 0.25) is 0 Å². The number of carbonyl (C=O) groups is 1. The zero-order chi connectivity index (χ0) is 12.3. The molecule has 2 aromatic heterocycles. The van der Waals surface area contributed by atoms with Crippen molar-refractivity contribution >= 4 is 5.97 Å². The van der Waals surface area contributed by atoms with Gasteiger partial charge in [0.1, 0.15) is 5.56 Å². The monoisotopic (exact) mass is 230 g/mol. The summed E-state index contributed by atoms with van der Waals surface area (Å²) in [6.45, 7) is 0.432. The summed E-state index contributed by atoms with van der Waals surface area (Å²) in [5.74, 6) is -1.22. The van der Waals surface area contributed by atoms with E-state index in [1.807, 2.05) is 12.1 Å². The number of carboxylic acids is 1. The van der Waals surface area contributed by atoms with E-state index >= 15 is 0 Å². The highest BCUT2D eigenvalue weighted by Gasteiger charge is 2.08. The van der Waals surface area contributed by atoms with Crippen LogP contribution in [0.3, 0.4) is 0 Å². The van der Waals surface area contributed by atoms with Crippen LogP contribution >= 0.6 is 0 Å². The summed E-state index contributed by atoms with van der Waals surface area (Å²) in [6, 6.07) is 6.73. The largest absolute Gasteiger partial charge is 0.477 e. The number of pyridine rings is 2. The second-order valence-electron chi connectivity index (χ2n) is 3.52. The summed E-state index contributed by atoms with van der Waals surface area (Å²) in [5.41, 5.74) is 0.0747. The molecular formula is C12H10N2O3. The van der Waals surface area contributed by atoms with E-state index in [9.17, 15) is 9.59 Å². The third-order valence-electron chi connectivity index (χ3n) is 2.28. The minimum Gasteiger partial charge on any atom is -0.477 e. The van der Waals surface area contributed by atoms with Gasteiger partial charge in [0.25, 0.3) is 0 Å². The maximum absolute atomic E-state index is 11.3. The van der Waals surface area contributed by atoms with Crippen LogP contribution in [0.25, 0.3) is 0 Å². The summed E-state index contributed by atoms with van der Waals surface area (Å²) < 4.78 is 1.62. The molecule has 0 aromatic carbocycles. The lowest BCUT2D eigenvalue weighted by Gasteiger charge is -2.06. The Morgan fingerprint density at radius 2 is 2.18 bits per heavy atom. The summed E-state index contributed by atoms with van der Waals surface area (Å²) >= 11 is 0. The highest BCUT2D eigenvalue weighted by molar-refractivity contribution is 5.86. The molecule has 0 amide bonds. The standard InChI is InChI=1S/C12H10N2O3/c15-11-4-6-14(8-10(11)12(16)17)7-9-3-1-2-5-13-9/h1-6,8H,7H2,(H,16,17). The van der Waals surface area contributed by atoms with Gasteiger partial charge in [-0.3, -0.25) is 9.78 Å². The summed E-state index contributed by atoms with van der Waals surface area (Å²) in [7, 11) is 0. The van der Waals surface area contributed by atoms with Gasteiger partial charge < -0.3 is 9.67 Å². The smallest absolute Gasteiger partial charge is 0.341 e. The minimum absolute atomic E-state index is 0.233. The fourth-order valence-electron chi connectivity index (χ4n) is 1.46. The number of aromatic nitrogens is 2. The van der Waals surface area contributed by atoms with Crippen molar-refractivity contribution in [2.24, 2.45) is 0 Å². The average molecular weight is 230 g/mol. The fourth-order valence-corrected chi connectivity index (χ4v) is 1.46. The van der Waals surface area contributed by atoms with E-state index in [2.05, 4.69) is 4.98 Å². The Bertz CT molecular complexity index is 590. The Hall–Kier alpha value is -2.43. The molecule has 5 heteroatoms. The first-order chi connectivity index (χ1) is 8.16. The van der Waals surface area contributed by atoms with Gasteiger partial charge in [0.2, 0.25) is 0 Å². The molecule has 2 rings (SSSR count). The topological polar surface area (TPSA) is 72.2 Å². The summed E-state index contributed by atoms with van der Waals surface area (Å²) in [6.07, 6.45) is 4.53. The van der Waals surface area contributed by atoms with Gasteiger partial charge in [0.15, 0.2) is 5.43 Å². The van der Waals surface area contributed by atoms with Gasteiger partial charge in [0.05, 0.1) is 12.2 Å². The van der Waals surface area contributed by atoms with Crippen LogP contribution in [0, 0.1) is 0 Å². The van der Waals surface area contributed by atoms with Gasteiger partial charge in [-0.25, -0.2) is 4.79 Å². The van der Waals surface area contributed by atoms with Crippen molar-refractivity contribution in [2.45, 2.75) is 6.54 Å². The van der Waals surface area contributed by atoms with Crippen molar-refractivity contribution in [1.29, 1.82) is 0 Å². The Kier molecular flexibility index (Phi) is 3.00. The molecule has 0 saturated heterocycles. The Morgan fingerprint density at radius 3 is 2.82 bits per heavy atom. The van der Waals surface area contributed by atoms with Crippen LogP contribution in [0.4, 0.5) is 0 Å². The number of aromatic carboxylic acids is 1. The summed E-state index contributed by atoms with van der Waals surface area (Å²) in [5, 5.41) is 8.83. The van der Waals surface area contributed by atoms with Crippen LogP contribution in [0.1, 0.15) is 16.1 Å². The van der Waals surface area contributed by atoms with Crippen LogP contribution in [-0.2, 0) is 6.54 Å². The molecule has 0 aliphatic heterocycles. The van der Waals surface area contributed by atoms with E-state index in [0.717, 1.165) is 5.69 Å². The van der Waals surface area contributed by atoms with Gasteiger partial charge in [0, 0.05) is 24.7 Å². The maximum Gasteiger partial charge on any atom is 0.341 e. The number of hydrogen-bond donors (Lipinski definition) is 1. The molecule has 0 aliphatic rings. The first kappa shape index (κ1) is 11.1. The molecule has 1 N–H and O–H groups in total. The first-order valence-corrected chi connectivity index (χ1v) is 5.00. The Morgan fingerprint density at radius 1 is 1.35 bits per heavy atom. The number of rotatable bonds is 3. The second kappa shape index (κ2) is 4.61. The number of nitrogens with zero attached hydrogens (tertiary/aromatic N) is 2. The molecule has 0 aliphatic carbocycles. The Labute approximate surface area is 97.0 Å². The second-order valence-corrected chi connectivity index (χ2v) is 3.52. The molecule has 0 atom stereocenters. The molecule has 0 saturated carbocycles. The van der Waals surface area contributed by atoms with Gasteiger partial charge in [-0.2, -0.15) is 0 Å². The lowest BCUT2D eigenvalue weighted by molar-refractivity contribution is 0.0694. The van der Waals surface area contributed by atoms with Crippen LogP contribution in [0.5, 0.6) is 0 Å². The number of hydrogen-bond acceptors (Lipinski definition) is 3. The zero-order valence-corrected chi connectivity index (χ0v) is 8.91. The molecule has 86 valence electrons. The molecule has 2 aromatic rings. The maximum atomic E-state index is 11.3. The molecule has 0 bridgehead atoms. The quantitative estimate of drug-likeness (QED) is 0.853. The van der Waals surface area contributed by atoms with E-state index < -0.39 is 11.4 Å². The normalized spacial score (nSPS) is 10.1. The predicted molar refractivity (Wildman–Crippen MR) is 61.0 cm³/mol. The van der Waals surface area contributed by atoms with Gasteiger partial charge >= 0.3 is 5.97 Å². The number of carboxylic acid groups (broad SMARTS) is 1. The van der Waals surface area contributed by atoms with Crippen molar-refractivity contribution in [3.05, 3.63) is 64.3 Å². The fraction of sp³-hybridized carbons (Fsp3) is 0.0833. The lowest BCUT2D eigenvalue weighted by atomic mass is 10.2. The van der Waals surface area contributed by atoms with E-state index in [1.54, 1.807) is 23.0 Å². The van der Waals surface area contributed by atoms with Crippen molar-refractivity contribution < 1.29 is 9.90 Å². The van der Waals surface area contributed by atoms with Gasteiger partial charge in [-0.05, 0) is 12.1 Å². The predicted octanol–water partition coefficient (Wildman–Crippen LogP) is 0.990. The summed E-state index contributed by atoms with van der Waals surface area (Å²) in [4.78, 5) is 26.2. The molecule has 0 radical (unpaired) electrons. The molecule has 17 heavy (non-hydrogen) atoms. The van der Waals surface area contributed by atoms with Crippen molar-refractivity contribution in [1.82, 2.24) is 9.55 Å². The average Bonchev–Trinajstić information content (AvgIpc) is 2.32. The molecule has 2 heterocycles. The van der Waals surface area contributed by atoms with Crippen LogP contribution < -0.4 is 5.43 Å². The van der Waals surface area contributed by atoms with E-state index in [1.165, 1.54) is 12.3 Å². The molecule has 0 unspecified atom stereocenters. The van der Waals surface area contributed by atoms with Crippen LogP contribution in [-0.4, -0.2) is 20.6 Å².